The third-order valence-corrected chi connectivity index (χ3v) is 5.10. The summed E-state index contributed by atoms with van der Waals surface area (Å²) in [5.74, 6) is 0. The molecule has 0 bridgehead atoms. The molecule has 0 unspecified atom stereocenters. The van der Waals surface area contributed by atoms with Crippen LogP contribution in [-0.4, -0.2) is 14.5 Å². The maximum absolute atomic E-state index is 12.7. The van der Waals surface area contributed by atoms with Gasteiger partial charge in [0.25, 0.3) is 5.56 Å². The number of rotatable bonds is 3. The molecule has 0 amide bonds. The molecule has 3 aromatic rings. The van der Waals surface area contributed by atoms with Crippen molar-refractivity contribution in [2.75, 3.05) is 0 Å². The summed E-state index contributed by atoms with van der Waals surface area (Å²) in [5, 5.41) is 0.761. The average molecular weight is 317 g/mol. The zero-order valence-corrected chi connectivity index (χ0v) is 13.5. The first-order valence-corrected chi connectivity index (χ1v) is 7.92. The van der Waals surface area contributed by atoms with Gasteiger partial charge in [0.05, 0.1) is 5.39 Å². The summed E-state index contributed by atoms with van der Waals surface area (Å²) in [7, 11) is 0. The molecule has 3 aromatic heterocycles. The molecular formula is C15H15N3OS2. The topological polar surface area (TPSA) is 50.7 Å². The number of fused-ring (bicyclic) bond motifs is 1. The first-order chi connectivity index (χ1) is 10.1. The number of hydrogen-bond donors (Lipinski definition) is 1. The highest BCUT2D eigenvalue weighted by Gasteiger charge is 2.12. The fourth-order valence-corrected chi connectivity index (χ4v) is 3.75. The van der Waals surface area contributed by atoms with Crippen molar-refractivity contribution in [2.45, 2.75) is 26.8 Å². The highest BCUT2D eigenvalue weighted by molar-refractivity contribution is 7.71. The van der Waals surface area contributed by atoms with Crippen LogP contribution < -0.4 is 5.56 Å². The van der Waals surface area contributed by atoms with Crippen molar-refractivity contribution in [1.82, 2.24) is 14.5 Å². The Balaban J connectivity index is 2.05. The van der Waals surface area contributed by atoms with Crippen LogP contribution in [0, 0.1) is 18.6 Å². The fourth-order valence-electron chi connectivity index (χ4n) is 2.35. The van der Waals surface area contributed by atoms with Gasteiger partial charge in [0.2, 0.25) is 0 Å². The van der Waals surface area contributed by atoms with E-state index in [1.54, 1.807) is 22.1 Å². The molecule has 6 heteroatoms. The summed E-state index contributed by atoms with van der Waals surface area (Å²) in [5.41, 5.74) is 2.14. The van der Waals surface area contributed by atoms with E-state index in [0.29, 0.717) is 11.3 Å². The zero-order chi connectivity index (χ0) is 15.0. The van der Waals surface area contributed by atoms with E-state index in [4.69, 9.17) is 12.2 Å². The minimum atomic E-state index is -0.000472. The third kappa shape index (κ3) is 2.56. The van der Waals surface area contributed by atoms with E-state index in [0.717, 1.165) is 32.6 Å². The van der Waals surface area contributed by atoms with Crippen LogP contribution in [0.15, 0.2) is 29.3 Å². The first-order valence-electron chi connectivity index (χ1n) is 6.69. The molecule has 4 nitrogen and oxygen atoms in total. The van der Waals surface area contributed by atoms with E-state index < -0.39 is 0 Å². The second-order valence-corrected chi connectivity index (χ2v) is 6.60. The number of H-pyrrole nitrogens is 1. The summed E-state index contributed by atoms with van der Waals surface area (Å²) in [4.78, 5) is 22.0. The number of nitrogens with one attached hydrogen (secondary N) is 1. The van der Waals surface area contributed by atoms with Gasteiger partial charge in [-0.15, -0.1) is 11.3 Å². The molecule has 3 heterocycles. The van der Waals surface area contributed by atoms with Crippen LogP contribution in [0.25, 0.3) is 10.2 Å². The molecule has 0 aliphatic rings. The molecule has 0 aliphatic carbocycles. The van der Waals surface area contributed by atoms with Gasteiger partial charge in [-0.3, -0.25) is 14.3 Å². The molecule has 0 aliphatic heterocycles. The van der Waals surface area contributed by atoms with Crippen LogP contribution in [0.4, 0.5) is 0 Å². The summed E-state index contributed by atoms with van der Waals surface area (Å²) in [6, 6.07) is 3.90. The molecule has 0 fully saturated rings. The normalized spacial score (nSPS) is 11.1. The van der Waals surface area contributed by atoms with Gasteiger partial charge in [-0.2, -0.15) is 0 Å². The van der Waals surface area contributed by atoms with Gasteiger partial charge >= 0.3 is 0 Å². The van der Waals surface area contributed by atoms with E-state index in [-0.39, 0.29) is 5.56 Å². The Morgan fingerprint density at radius 2 is 2.24 bits per heavy atom. The fraction of sp³-hybridized carbons (Fsp3) is 0.267. The second-order valence-electron chi connectivity index (χ2n) is 4.99. The smallest absolute Gasteiger partial charge is 0.263 e. The van der Waals surface area contributed by atoms with Gasteiger partial charge in [-0.05, 0) is 49.7 Å². The van der Waals surface area contributed by atoms with Crippen molar-refractivity contribution in [3.05, 3.63) is 55.7 Å². The Labute approximate surface area is 131 Å². The lowest BCUT2D eigenvalue weighted by Gasteiger charge is -2.06. The van der Waals surface area contributed by atoms with Crippen LogP contribution in [-0.2, 0) is 13.0 Å². The van der Waals surface area contributed by atoms with E-state index in [2.05, 4.69) is 9.97 Å². The van der Waals surface area contributed by atoms with Crippen LogP contribution in [0.5, 0.6) is 0 Å². The number of hydrogen-bond acceptors (Lipinski definition) is 4. The largest absolute Gasteiger partial charge is 0.323 e. The van der Waals surface area contributed by atoms with Crippen molar-refractivity contribution in [1.29, 1.82) is 0 Å². The summed E-state index contributed by atoms with van der Waals surface area (Å²) >= 11 is 6.92. The number of pyridine rings is 1. The van der Waals surface area contributed by atoms with E-state index in [1.807, 2.05) is 32.2 Å². The van der Waals surface area contributed by atoms with Crippen LogP contribution >= 0.6 is 23.6 Å². The number of aryl methyl sites for hydroxylation is 3. The van der Waals surface area contributed by atoms with Crippen LogP contribution in [0.2, 0.25) is 0 Å². The van der Waals surface area contributed by atoms with Gasteiger partial charge in [0, 0.05) is 23.8 Å². The molecule has 0 spiro atoms. The van der Waals surface area contributed by atoms with Crippen molar-refractivity contribution >= 4 is 33.8 Å². The lowest BCUT2D eigenvalue weighted by molar-refractivity contribution is 0.652. The lowest BCUT2D eigenvalue weighted by atomic mass is 10.2. The number of nitrogens with zero attached hydrogens (tertiary/aromatic N) is 2. The minimum absolute atomic E-state index is 0.000472. The monoisotopic (exact) mass is 317 g/mol. The molecule has 0 atom stereocenters. The SMILES string of the molecule is Cc1sc2[nH]c(=S)n(CCc3cccnc3)c(=O)c2c1C. The Hall–Kier alpha value is -1.79. The summed E-state index contributed by atoms with van der Waals surface area (Å²) in [6.45, 7) is 4.57. The van der Waals surface area contributed by atoms with E-state index in [1.165, 1.54) is 0 Å². The maximum Gasteiger partial charge on any atom is 0.263 e. The predicted molar refractivity (Wildman–Crippen MR) is 88.7 cm³/mol. The van der Waals surface area contributed by atoms with Crippen LogP contribution in [0.3, 0.4) is 0 Å². The Kier molecular flexibility index (Phi) is 3.73. The van der Waals surface area contributed by atoms with E-state index >= 15 is 0 Å². The Bertz CT molecular complexity index is 906. The van der Waals surface area contributed by atoms with Crippen molar-refractivity contribution < 1.29 is 0 Å². The summed E-state index contributed by atoms with van der Waals surface area (Å²) in [6.07, 6.45) is 4.29. The van der Waals surface area contributed by atoms with E-state index in [9.17, 15) is 4.79 Å². The van der Waals surface area contributed by atoms with Gasteiger partial charge in [-0.1, -0.05) is 6.07 Å². The zero-order valence-electron chi connectivity index (χ0n) is 11.8. The lowest BCUT2D eigenvalue weighted by Crippen LogP contribution is -2.23. The Morgan fingerprint density at radius 1 is 1.43 bits per heavy atom. The van der Waals surface area contributed by atoms with Crippen LogP contribution in [0.1, 0.15) is 16.0 Å². The second kappa shape index (κ2) is 5.54. The van der Waals surface area contributed by atoms with Gasteiger partial charge in [-0.25, -0.2) is 0 Å². The molecule has 0 saturated carbocycles. The number of aromatic amines is 1. The molecule has 0 saturated heterocycles. The molecule has 0 radical (unpaired) electrons. The van der Waals surface area contributed by atoms with Crippen molar-refractivity contribution in [3.63, 3.8) is 0 Å². The Morgan fingerprint density at radius 3 is 2.95 bits per heavy atom. The van der Waals surface area contributed by atoms with Gasteiger partial charge in [0.15, 0.2) is 4.77 Å². The third-order valence-electron chi connectivity index (χ3n) is 3.66. The maximum atomic E-state index is 12.7. The quantitative estimate of drug-likeness (QED) is 0.754. The number of thiophene rings is 1. The molecule has 21 heavy (non-hydrogen) atoms. The average Bonchev–Trinajstić information content (AvgIpc) is 2.74. The highest BCUT2D eigenvalue weighted by atomic mass is 32.1. The van der Waals surface area contributed by atoms with Crippen molar-refractivity contribution in [3.8, 4) is 0 Å². The molecular weight excluding hydrogens is 302 g/mol. The minimum Gasteiger partial charge on any atom is -0.323 e. The van der Waals surface area contributed by atoms with Crippen molar-refractivity contribution in [2.24, 2.45) is 0 Å². The molecule has 108 valence electrons. The molecule has 0 aromatic carbocycles. The standard InChI is InChI=1S/C15H15N3OS2/c1-9-10(2)21-13-12(9)14(19)18(15(20)17-13)7-5-11-4-3-6-16-8-11/h3-4,6,8H,5,7H2,1-2H3,(H,17,20). The predicted octanol–water partition coefficient (Wildman–Crippen LogP) is 3.38. The molecule has 3 rings (SSSR count). The highest BCUT2D eigenvalue weighted by Crippen LogP contribution is 2.25. The van der Waals surface area contributed by atoms with Gasteiger partial charge in [0.1, 0.15) is 4.83 Å². The van der Waals surface area contributed by atoms with Gasteiger partial charge < -0.3 is 4.98 Å². The first kappa shape index (κ1) is 14.2. The number of aromatic nitrogens is 3. The molecule has 1 N–H and O–H groups in total. The summed E-state index contributed by atoms with van der Waals surface area (Å²) < 4.78 is 2.13.